The van der Waals surface area contributed by atoms with Crippen LogP contribution in [0.15, 0.2) is 36.9 Å². The van der Waals surface area contributed by atoms with E-state index in [1.165, 1.54) is 0 Å². The Balaban J connectivity index is 2.47. The molecule has 0 aliphatic heterocycles. The zero-order chi connectivity index (χ0) is 10.7. The number of para-hydroxylation sites is 1. The lowest BCUT2D eigenvalue weighted by Crippen LogP contribution is -2.01. The molecule has 0 saturated heterocycles. The predicted molar refractivity (Wildman–Crippen MR) is 59.6 cm³/mol. The molecule has 76 valence electrons. The number of nitrogens with zero attached hydrogens (tertiary/aromatic N) is 2. The molecule has 0 bridgehead atoms. The molecule has 0 spiro atoms. The molecule has 0 atom stereocenters. The third-order valence-corrected chi connectivity index (χ3v) is 1.94. The maximum atomic E-state index is 5.77. The molecule has 0 saturated carbocycles. The van der Waals surface area contributed by atoms with Crippen LogP contribution in [0.3, 0.4) is 0 Å². The number of rotatable bonds is 3. The number of hydrogen-bond acceptors (Lipinski definition) is 4. The summed E-state index contributed by atoms with van der Waals surface area (Å²) in [5, 5.41) is 0.837. The molecule has 0 unspecified atom stereocenters. The van der Waals surface area contributed by atoms with Gasteiger partial charge in [0.25, 0.3) is 0 Å². The molecule has 2 N–H and O–H groups in total. The first-order chi connectivity index (χ1) is 7.31. The second kappa shape index (κ2) is 3.96. The number of nitrogens with two attached hydrogens (primary N) is 1. The topological polar surface area (TPSA) is 61.0 Å². The van der Waals surface area contributed by atoms with Crippen molar-refractivity contribution in [1.29, 1.82) is 0 Å². The average molecular weight is 201 g/mol. The third kappa shape index (κ3) is 1.88. The van der Waals surface area contributed by atoms with E-state index in [4.69, 9.17) is 10.5 Å². The van der Waals surface area contributed by atoms with E-state index in [1.54, 1.807) is 6.08 Å². The zero-order valence-corrected chi connectivity index (χ0v) is 8.18. The number of ether oxygens (including phenoxy) is 1. The monoisotopic (exact) mass is 201 g/mol. The minimum absolute atomic E-state index is 0.283. The van der Waals surface area contributed by atoms with E-state index in [9.17, 15) is 0 Å². The van der Waals surface area contributed by atoms with E-state index < -0.39 is 0 Å². The quantitative estimate of drug-likeness (QED) is 0.769. The van der Waals surface area contributed by atoms with Gasteiger partial charge >= 0.3 is 6.01 Å². The van der Waals surface area contributed by atoms with E-state index in [2.05, 4.69) is 16.5 Å². The van der Waals surface area contributed by atoms with Gasteiger partial charge in [-0.25, -0.2) is 0 Å². The molecule has 4 heteroatoms. The Morgan fingerprint density at radius 2 is 2.13 bits per heavy atom. The number of nitrogen functional groups attached to an aromatic ring is 1. The normalized spacial score (nSPS) is 10.1. The first-order valence-electron chi connectivity index (χ1n) is 4.57. The lowest BCUT2D eigenvalue weighted by Gasteiger charge is -2.04. The van der Waals surface area contributed by atoms with E-state index in [1.807, 2.05) is 24.3 Å². The van der Waals surface area contributed by atoms with E-state index >= 15 is 0 Å². The largest absolute Gasteiger partial charge is 0.459 e. The second-order valence-electron chi connectivity index (χ2n) is 3.01. The Kier molecular flexibility index (Phi) is 2.49. The molecule has 4 nitrogen and oxygen atoms in total. The number of fused-ring (bicyclic) bond motifs is 1. The molecule has 0 radical (unpaired) electrons. The van der Waals surface area contributed by atoms with Gasteiger partial charge in [0.15, 0.2) is 0 Å². The summed E-state index contributed by atoms with van der Waals surface area (Å²) in [6, 6.07) is 7.82. The van der Waals surface area contributed by atoms with Crippen LogP contribution in [-0.2, 0) is 0 Å². The van der Waals surface area contributed by atoms with Crippen molar-refractivity contribution in [2.75, 3.05) is 12.3 Å². The molecule has 0 aliphatic rings. The van der Waals surface area contributed by atoms with Crippen LogP contribution >= 0.6 is 0 Å². The highest BCUT2D eigenvalue weighted by atomic mass is 16.5. The van der Waals surface area contributed by atoms with Gasteiger partial charge in [-0.1, -0.05) is 24.8 Å². The van der Waals surface area contributed by atoms with Gasteiger partial charge in [-0.2, -0.15) is 9.97 Å². The highest BCUT2D eigenvalue weighted by Gasteiger charge is 2.04. The van der Waals surface area contributed by atoms with Gasteiger partial charge in [-0.15, -0.1) is 0 Å². The molecule has 15 heavy (non-hydrogen) atoms. The highest BCUT2D eigenvalue weighted by Crippen LogP contribution is 2.19. The van der Waals surface area contributed by atoms with Crippen LogP contribution in [-0.4, -0.2) is 16.6 Å². The summed E-state index contributed by atoms with van der Waals surface area (Å²) >= 11 is 0. The van der Waals surface area contributed by atoms with Crippen LogP contribution in [0.1, 0.15) is 0 Å². The van der Waals surface area contributed by atoms with Gasteiger partial charge in [-0.3, -0.25) is 0 Å². The maximum absolute atomic E-state index is 5.77. The Labute approximate surface area is 87.4 Å². The third-order valence-electron chi connectivity index (χ3n) is 1.94. The van der Waals surface area contributed by atoms with Gasteiger partial charge in [0, 0.05) is 5.39 Å². The number of benzene rings is 1. The molecule has 0 amide bonds. The standard InChI is InChI=1S/C11H11N3O/c1-2-7-15-11-13-9-6-4-3-5-8(9)10(12)14-11/h2-6H,1,7H2,(H2,12,13,14). The molecular formula is C11H11N3O. The molecule has 1 aromatic carbocycles. The lowest BCUT2D eigenvalue weighted by molar-refractivity contribution is 0.335. The summed E-state index contributed by atoms with van der Waals surface area (Å²) in [6.07, 6.45) is 1.63. The number of hydrogen-bond donors (Lipinski definition) is 1. The number of aromatic nitrogens is 2. The summed E-state index contributed by atoms with van der Waals surface area (Å²) in [5.74, 6) is 0.430. The van der Waals surface area contributed by atoms with Crippen molar-refractivity contribution in [2.24, 2.45) is 0 Å². The van der Waals surface area contributed by atoms with Crippen molar-refractivity contribution in [3.8, 4) is 6.01 Å². The van der Waals surface area contributed by atoms with E-state index in [-0.39, 0.29) is 6.01 Å². The lowest BCUT2D eigenvalue weighted by atomic mass is 10.2. The van der Waals surface area contributed by atoms with Crippen LogP contribution in [0.4, 0.5) is 5.82 Å². The van der Waals surface area contributed by atoms with Gasteiger partial charge in [0.2, 0.25) is 0 Å². The van der Waals surface area contributed by atoms with Crippen molar-refractivity contribution >= 4 is 16.7 Å². The summed E-state index contributed by atoms with van der Waals surface area (Å²) in [7, 11) is 0. The minimum Gasteiger partial charge on any atom is -0.459 e. The maximum Gasteiger partial charge on any atom is 0.319 e. The van der Waals surface area contributed by atoms with Gasteiger partial charge in [0.05, 0.1) is 5.52 Å². The molecular weight excluding hydrogens is 190 g/mol. The summed E-state index contributed by atoms with van der Waals surface area (Å²) in [4.78, 5) is 8.25. The van der Waals surface area contributed by atoms with Crippen molar-refractivity contribution in [3.05, 3.63) is 36.9 Å². The molecule has 0 aliphatic carbocycles. The van der Waals surface area contributed by atoms with Crippen LogP contribution < -0.4 is 10.5 Å². The predicted octanol–water partition coefficient (Wildman–Crippen LogP) is 1.78. The fourth-order valence-corrected chi connectivity index (χ4v) is 1.28. The second-order valence-corrected chi connectivity index (χ2v) is 3.01. The Hall–Kier alpha value is -2.10. The molecule has 0 fully saturated rings. The van der Waals surface area contributed by atoms with Crippen LogP contribution in [0, 0.1) is 0 Å². The highest BCUT2D eigenvalue weighted by molar-refractivity contribution is 5.87. The summed E-state index contributed by atoms with van der Waals surface area (Å²) < 4.78 is 5.22. The van der Waals surface area contributed by atoms with E-state index in [0.29, 0.717) is 12.4 Å². The van der Waals surface area contributed by atoms with Crippen molar-refractivity contribution in [1.82, 2.24) is 9.97 Å². The minimum atomic E-state index is 0.283. The van der Waals surface area contributed by atoms with Crippen LogP contribution in [0.2, 0.25) is 0 Å². The van der Waals surface area contributed by atoms with E-state index in [0.717, 1.165) is 10.9 Å². The van der Waals surface area contributed by atoms with Crippen molar-refractivity contribution in [3.63, 3.8) is 0 Å². The van der Waals surface area contributed by atoms with Gasteiger partial charge in [0.1, 0.15) is 12.4 Å². The molecule has 1 aromatic heterocycles. The Morgan fingerprint density at radius 1 is 1.33 bits per heavy atom. The Morgan fingerprint density at radius 3 is 2.93 bits per heavy atom. The fraction of sp³-hybridized carbons (Fsp3) is 0.0909. The van der Waals surface area contributed by atoms with Gasteiger partial charge in [-0.05, 0) is 12.1 Å². The zero-order valence-electron chi connectivity index (χ0n) is 8.18. The van der Waals surface area contributed by atoms with Crippen LogP contribution in [0.5, 0.6) is 6.01 Å². The average Bonchev–Trinajstić information content (AvgIpc) is 2.26. The Bertz CT molecular complexity index is 496. The van der Waals surface area contributed by atoms with Gasteiger partial charge < -0.3 is 10.5 Å². The summed E-state index contributed by atoms with van der Waals surface area (Å²) in [6.45, 7) is 3.92. The SMILES string of the molecule is C=CCOc1nc(N)c2ccccc2n1. The first kappa shape index (κ1) is 9.45. The van der Waals surface area contributed by atoms with Crippen molar-refractivity contribution in [2.45, 2.75) is 0 Å². The molecule has 2 aromatic rings. The smallest absolute Gasteiger partial charge is 0.319 e. The van der Waals surface area contributed by atoms with Crippen LogP contribution in [0.25, 0.3) is 10.9 Å². The molecule has 1 heterocycles. The number of anilines is 1. The molecule has 2 rings (SSSR count). The fourth-order valence-electron chi connectivity index (χ4n) is 1.28. The summed E-state index contributed by atoms with van der Waals surface area (Å²) in [5.41, 5.74) is 6.55. The first-order valence-corrected chi connectivity index (χ1v) is 4.57. The van der Waals surface area contributed by atoms with Crippen molar-refractivity contribution < 1.29 is 4.74 Å².